The molecule has 0 aliphatic rings. The van der Waals surface area contributed by atoms with E-state index in [0.29, 0.717) is 39.4 Å². The standard InChI is InChI=1S/C39H28O8P2/c1-25-19-21-31(37(23-25)46-48-42-33-15-7-3-11-27(33)28-12-4-8-16-34(28)43-48)39(40)32-22-20-26(41-2)24-38(32)47-49-44-35-17-9-5-13-29(35)30-14-6-10-18-36(30)45-49/h3-24H,1-2H3. The first kappa shape index (κ1) is 30.5. The first-order chi connectivity index (χ1) is 24.0. The highest BCUT2D eigenvalue weighted by Gasteiger charge is 2.23. The van der Waals surface area contributed by atoms with E-state index < -0.39 is 16.5 Å². The molecule has 2 aromatic heterocycles. The number of ketones is 1. The van der Waals surface area contributed by atoms with Crippen molar-refractivity contribution in [2.24, 2.45) is 0 Å². The molecular formula is C39H28O8P2. The fraction of sp³-hybridized carbons (Fsp3) is 0.0513. The fourth-order valence-corrected chi connectivity index (χ4v) is 7.73. The predicted molar refractivity (Wildman–Crippen MR) is 192 cm³/mol. The van der Waals surface area contributed by atoms with Gasteiger partial charge in [0, 0.05) is 27.6 Å². The lowest BCUT2D eigenvalue weighted by atomic mass is 10.0. The SMILES string of the molecule is COc1ccc(C(=O)c2ccc(C)cc2Op2oc3ccccc3c3ccccc3o2)c(Op2oc3ccccc3c3ccccc3o2)c1. The minimum atomic E-state index is -2.03. The number of hydrogen-bond acceptors (Lipinski definition) is 8. The smallest absolute Gasteiger partial charge is 0.453 e. The van der Waals surface area contributed by atoms with Gasteiger partial charge in [0.15, 0.2) is 5.75 Å². The molecule has 0 unspecified atom stereocenters. The molecule has 0 aliphatic heterocycles. The Hall–Kier alpha value is -5.81. The minimum Gasteiger partial charge on any atom is -0.497 e. The average molecular weight is 687 g/mol. The first-order valence-electron chi connectivity index (χ1n) is 15.4. The molecule has 6 aromatic carbocycles. The number of hydrogen-bond donors (Lipinski definition) is 0. The molecule has 0 fully saturated rings. The Balaban J connectivity index is 1.23. The van der Waals surface area contributed by atoms with Gasteiger partial charge in [0.25, 0.3) is 0 Å². The normalized spacial score (nSPS) is 11.1. The van der Waals surface area contributed by atoms with Crippen LogP contribution in [0.15, 0.2) is 150 Å². The van der Waals surface area contributed by atoms with Crippen LogP contribution >= 0.6 is 16.5 Å². The van der Waals surface area contributed by atoms with Crippen molar-refractivity contribution in [3.8, 4) is 17.2 Å². The highest BCUT2D eigenvalue weighted by atomic mass is 31.1. The molecule has 0 N–H and O–H groups in total. The van der Waals surface area contributed by atoms with Gasteiger partial charge in [-0.25, -0.2) is 0 Å². The van der Waals surface area contributed by atoms with Gasteiger partial charge in [0.05, 0.1) is 18.2 Å². The number of carbonyl (C=O) groups is 1. The molecule has 0 bridgehead atoms. The van der Waals surface area contributed by atoms with Crippen molar-refractivity contribution in [1.82, 2.24) is 0 Å². The number of fused-ring (bicyclic) bond motifs is 6. The van der Waals surface area contributed by atoms with E-state index in [2.05, 4.69) is 0 Å². The predicted octanol–water partition coefficient (Wildman–Crippen LogP) is 12.1. The second kappa shape index (κ2) is 13.0. The van der Waals surface area contributed by atoms with E-state index in [4.69, 9.17) is 30.6 Å². The molecule has 0 radical (unpaired) electrons. The fourth-order valence-electron chi connectivity index (χ4n) is 5.60. The zero-order chi connectivity index (χ0) is 33.3. The van der Waals surface area contributed by atoms with Crippen LogP contribution in [-0.4, -0.2) is 12.9 Å². The molecule has 0 atom stereocenters. The summed E-state index contributed by atoms with van der Waals surface area (Å²) < 4.78 is 43.5. The molecular weight excluding hydrogens is 658 g/mol. The monoisotopic (exact) mass is 686 g/mol. The maximum absolute atomic E-state index is 14.5. The van der Waals surface area contributed by atoms with Crippen LogP contribution in [0.2, 0.25) is 0 Å². The van der Waals surface area contributed by atoms with Crippen molar-refractivity contribution in [1.29, 1.82) is 0 Å². The Morgan fingerprint density at radius 2 is 0.898 bits per heavy atom. The third kappa shape index (κ3) is 6.04. The number of benzene rings is 6. The van der Waals surface area contributed by atoms with Crippen molar-refractivity contribution < 1.29 is 35.4 Å². The second-order valence-corrected chi connectivity index (χ2v) is 13.2. The lowest BCUT2D eigenvalue weighted by molar-refractivity contribution is 0.103. The van der Waals surface area contributed by atoms with E-state index in [0.717, 1.165) is 27.1 Å². The Bertz CT molecular complexity index is 2490. The Kier molecular flexibility index (Phi) is 8.10. The Labute approximate surface area is 282 Å². The van der Waals surface area contributed by atoms with Crippen LogP contribution in [0, 0.1) is 6.92 Å². The zero-order valence-electron chi connectivity index (χ0n) is 26.4. The molecule has 0 aliphatic carbocycles. The minimum absolute atomic E-state index is 0.231. The molecule has 8 rings (SSSR count). The van der Waals surface area contributed by atoms with Gasteiger partial charge in [0.2, 0.25) is 5.78 Å². The van der Waals surface area contributed by atoms with Gasteiger partial charge in [-0.05, 0) is 61.0 Å². The number of rotatable bonds is 7. The molecule has 2 heterocycles. The van der Waals surface area contributed by atoms with Crippen molar-refractivity contribution in [2.75, 3.05) is 7.11 Å². The summed E-state index contributed by atoms with van der Waals surface area (Å²) >= 11 is 0. The second-order valence-electron chi connectivity index (χ2n) is 11.2. The third-order valence-electron chi connectivity index (χ3n) is 7.98. The van der Waals surface area contributed by atoms with E-state index >= 15 is 0 Å². The largest absolute Gasteiger partial charge is 0.497 e. The van der Waals surface area contributed by atoms with Gasteiger partial charge in [-0.15, -0.1) is 0 Å². The summed E-state index contributed by atoms with van der Waals surface area (Å²) in [6.45, 7) is 1.93. The summed E-state index contributed by atoms with van der Waals surface area (Å²) in [5, 5.41) is 3.54. The van der Waals surface area contributed by atoms with Gasteiger partial charge in [-0.2, -0.15) is 0 Å². The molecule has 10 heteroatoms. The molecule has 0 amide bonds. The summed E-state index contributed by atoms with van der Waals surface area (Å²) in [5.74, 6) is 0.696. The van der Waals surface area contributed by atoms with Crippen LogP contribution in [0.4, 0.5) is 0 Å². The highest BCUT2D eigenvalue weighted by Crippen LogP contribution is 2.42. The van der Waals surface area contributed by atoms with Gasteiger partial charge in [-0.3, -0.25) is 4.79 Å². The van der Waals surface area contributed by atoms with Crippen LogP contribution in [0.1, 0.15) is 21.5 Å². The number of ether oxygens (including phenoxy) is 1. The van der Waals surface area contributed by atoms with Crippen LogP contribution < -0.4 is 13.8 Å². The maximum atomic E-state index is 14.5. The molecule has 49 heavy (non-hydrogen) atoms. The summed E-state index contributed by atoms with van der Waals surface area (Å²) in [6, 6.07) is 41.1. The van der Waals surface area contributed by atoms with Crippen LogP contribution in [0.5, 0.6) is 17.2 Å². The zero-order valence-corrected chi connectivity index (χ0v) is 28.2. The number of aryl methyl sites for hydroxylation is 1. The molecule has 0 saturated carbocycles. The van der Waals surface area contributed by atoms with E-state index in [1.54, 1.807) is 37.4 Å². The summed E-state index contributed by atoms with van der Waals surface area (Å²) in [7, 11) is -2.47. The Morgan fingerprint density at radius 1 is 0.510 bits per heavy atom. The van der Waals surface area contributed by atoms with Crippen LogP contribution in [0.25, 0.3) is 43.9 Å². The van der Waals surface area contributed by atoms with Crippen LogP contribution in [-0.2, 0) is 0 Å². The molecule has 0 spiro atoms. The Morgan fingerprint density at radius 3 is 1.33 bits per heavy atom. The lowest BCUT2D eigenvalue weighted by Gasteiger charge is -2.13. The quantitative estimate of drug-likeness (QED) is 0.153. The lowest BCUT2D eigenvalue weighted by Crippen LogP contribution is -2.05. The van der Waals surface area contributed by atoms with E-state index in [9.17, 15) is 4.79 Å². The maximum Gasteiger partial charge on any atom is 0.453 e. The summed E-state index contributed by atoms with van der Waals surface area (Å²) in [5.41, 5.74) is 3.92. The van der Waals surface area contributed by atoms with Crippen molar-refractivity contribution in [3.05, 3.63) is 150 Å². The van der Waals surface area contributed by atoms with E-state index in [1.807, 2.05) is 110 Å². The van der Waals surface area contributed by atoms with E-state index in [-0.39, 0.29) is 17.1 Å². The number of carbonyl (C=O) groups excluding carboxylic acids is 1. The number of para-hydroxylation sites is 4. The van der Waals surface area contributed by atoms with Crippen molar-refractivity contribution in [2.45, 2.75) is 6.92 Å². The first-order valence-corrected chi connectivity index (χ1v) is 17.6. The van der Waals surface area contributed by atoms with Crippen LogP contribution in [0.3, 0.4) is 0 Å². The summed E-state index contributed by atoms with van der Waals surface area (Å²) in [6.07, 6.45) is 0. The van der Waals surface area contributed by atoms with Gasteiger partial charge < -0.3 is 30.6 Å². The average Bonchev–Trinajstić information content (AvgIpc) is 3.38. The molecule has 242 valence electrons. The number of methoxy groups -OCH3 is 1. The van der Waals surface area contributed by atoms with Gasteiger partial charge in [0.1, 0.15) is 33.8 Å². The molecule has 8 aromatic rings. The van der Waals surface area contributed by atoms with Crippen molar-refractivity contribution >= 4 is 66.1 Å². The van der Waals surface area contributed by atoms with Gasteiger partial charge >= 0.3 is 16.5 Å². The molecule has 0 saturated heterocycles. The van der Waals surface area contributed by atoms with Crippen molar-refractivity contribution in [3.63, 3.8) is 0 Å². The topological polar surface area (TPSA) is 97.3 Å². The van der Waals surface area contributed by atoms with E-state index in [1.165, 1.54) is 0 Å². The molecule has 8 nitrogen and oxygen atoms in total. The highest BCUT2D eigenvalue weighted by molar-refractivity contribution is 7.32. The summed E-state index contributed by atoms with van der Waals surface area (Å²) in [4.78, 5) is 14.5. The third-order valence-corrected chi connectivity index (χ3v) is 10.1. The van der Waals surface area contributed by atoms with Gasteiger partial charge in [-0.1, -0.05) is 78.9 Å².